The van der Waals surface area contributed by atoms with Gasteiger partial charge in [-0.1, -0.05) is 18.2 Å². The summed E-state index contributed by atoms with van der Waals surface area (Å²) < 4.78 is 43.0. The first kappa shape index (κ1) is 23.8. The highest BCUT2D eigenvalue weighted by Gasteiger charge is 2.34. The Morgan fingerprint density at radius 1 is 1.33 bits per heavy atom. The number of hydrogen-bond acceptors (Lipinski definition) is 3. The summed E-state index contributed by atoms with van der Waals surface area (Å²) in [6.07, 6.45) is -3.36. The van der Waals surface area contributed by atoms with Gasteiger partial charge in [-0.3, -0.25) is 9.89 Å². The van der Waals surface area contributed by atoms with Gasteiger partial charge in [0.2, 0.25) is 0 Å². The van der Waals surface area contributed by atoms with Gasteiger partial charge in [0.15, 0.2) is 5.96 Å². The van der Waals surface area contributed by atoms with Gasteiger partial charge in [-0.05, 0) is 31.0 Å². The normalized spacial score (nSPS) is 18.1. The van der Waals surface area contributed by atoms with Gasteiger partial charge >= 0.3 is 6.18 Å². The lowest BCUT2D eigenvalue weighted by molar-refractivity contribution is -0.143. The Bertz CT molecular complexity index is 571. The molecule has 9 heteroatoms. The highest BCUT2D eigenvalue weighted by molar-refractivity contribution is 14.0. The van der Waals surface area contributed by atoms with E-state index in [2.05, 4.69) is 10.3 Å². The second-order valence-corrected chi connectivity index (χ2v) is 6.52. The molecule has 0 amide bonds. The smallest absolute Gasteiger partial charge is 0.401 e. The summed E-state index contributed by atoms with van der Waals surface area (Å²) in [5, 5.41) is 3.26. The molecule has 0 spiro atoms. The van der Waals surface area contributed by atoms with Crippen molar-refractivity contribution >= 4 is 29.9 Å². The van der Waals surface area contributed by atoms with Crippen molar-refractivity contribution in [2.45, 2.75) is 12.6 Å². The van der Waals surface area contributed by atoms with Crippen LogP contribution in [0.4, 0.5) is 13.2 Å². The van der Waals surface area contributed by atoms with Gasteiger partial charge in [0, 0.05) is 27.2 Å². The van der Waals surface area contributed by atoms with Crippen molar-refractivity contribution in [3.05, 3.63) is 30.3 Å². The Morgan fingerprint density at radius 3 is 2.67 bits per heavy atom. The molecule has 1 unspecified atom stereocenters. The molecule has 1 heterocycles. The van der Waals surface area contributed by atoms with Crippen LogP contribution in [0.5, 0.6) is 5.75 Å². The summed E-state index contributed by atoms with van der Waals surface area (Å²) in [6, 6.07) is 9.58. The molecule has 0 radical (unpaired) electrons. The molecule has 1 aromatic carbocycles. The van der Waals surface area contributed by atoms with Crippen LogP contribution in [0.1, 0.15) is 6.42 Å². The predicted molar refractivity (Wildman–Crippen MR) is 112 cm³/mol. The second kappa shape index (κ2) is 11.6. The minimum Gasteiger partial charge on any atom is -0.492 e. The minimum atomic E-state index is -4.13. The Balaban J connectivity index is 0.00000364. The van der Waals surface area contributed by atoms with Crippen LogP contribution in [0.25, 0.3) is 0 Å². The van der Waals surface area contributed by atoms with Gasteiger partial charge < -0.3 is 15.0 Å². The van der Waals surface area contributed by atoms with Crippen LogP contribution in [0.2, 0.25) is 0 Å². The van der Waals surface area contributed by atoms with Crippen LogP contribution in [0, 0.1) is 5.92 Å². The molecule has 0 aliphatic carbocycles. The molecule has 0 saturated carbocycles. The molecule has 27 heavy (non-hydrogen) atoms. The largest absolute Gasteiger partial charge is 0.492 e. The summed E-state index contributed by atoms with van der Waals surface area (Å²) in [6.45, 7) is 1.92. The van der Waals surface area contributed by atoms with Crippen molar-refractivity contribution in [2.24, 2.45) is 10.9 Å². The lowest BCUT2D eigenvalue weighted by Gasteiger charge is -2.23. The fraction of sp³-hybridized carbons (Fsp3) is 0.611. The summed E-state index contributed by atoms with van der Waals surface area (Å²) in [4.78, 5) is 7.65. The van der Waals surface area contributed by atoms with E-state index in [4.69, 9.17) is 4.74 Å². The zero-order valence-electron chi connectivity index (χ0n) is 15.7. The van der Waals surface area contributed by atoms with Crippen molar-refractivity contribution in [2.75, 3.05) is 53.4 Å². The fourth-order valence-electron chi connectivity index (χ4n) is 3.02. The summed E-state index contributed by atoms with van der Waals surface area (Å²) in [5.74, 6) is 1.73. The molecule has 1 N–H and O–H groups in total. The van der Waals surface area contributed by atoms with E-state index < -0.39 is 12.7 Å². The average Bonchev–Trinajstić information content (AvgIpc) is 3.02. The lowest BCUT2D eigenvalue weighted by Crippen LogP contribution is -2.43. The van der Waals surface area contributed by atoms with Gasteiger partial charge in [0.1, 0.15) is 12.4 Å². The van der Waals surface area contributed by atoms with Gasteiger partial charge in [-0.15, -0.1) is 24.0 Å². The number of rotatable bonds is 7. The lowest BCUT2D eigenvalue weighted by atomic mass is 10.1. The highest BCUT2D eigenvalue weighted by Crippen LogP contribution is 2.22. The zero-order chi connectivity index (χ0) is 19.0. The number of hydrogen-bond donors (Lipinski definition) is 1. The molecular weight excluding hydrogens is 472 g/mol. The third kappa shape index (κ3) is 9.00. The first-order valence-corrected chi connectivity index (χ1v) is 8.76. The number of alkyl halides is 3. The maximum Gasteiger partial charge on any atom is 0.401 e. The standard InChI is InChI=1S/C18H27F3N4O.HI/c1-22-17(24(2)10-11-26-16-6-4-3-5-7-16)23-12-15-8-9-25(13-15)14-18(19,20)21;/h3-7,15H,8-14H2,1-2H3,(H,22,23);1H. The summed E-state index contributed by atoms with van der Waals surface area (Å²) >= 11 is 0. The number of aliphatic imine (C=N–C) groups is 1. The monoisotopic (exact) mass is 500 g/mol. The molecule has 1 atom stereocenters. The Hall–Kier alpha value is -1.23. The zero-order valence-corrected chi connectivity index (χ0v) is 18.0. The van der Waals surface area contributed by atoms with Gasteiger partial charge in [0.05, 0.1) is 13.1 Å². The number of halogens is 4. The average molecular weight is 500 g/mol. The molecule has 1 aliphatic rings. The summed E-state index contributed by atoms with van der Waals surface area (Å²) in [7, 11) is 3.61. The van der Waals surface area contributed by atoms with Gasteiger partial charge in [0.25, 0.3) is 0 Å². The molecule has 1 fully saturated rings. The van der Waals surface area contributed by atoms with Crippen molar-refractivity contribution < 1.29 is 17.9 Å². The third-order valence-electron chi connectivity index (χ3n) is 4.33. The Morgan fingerprint density at radius 2 is 2.04 bits per heavy atom. The number of nitrogens with zero attached hydrogens (tertiary/aromatic N) is 3. The molecule has 1 aromatic rings. The maximum absolute atomic E-state index is 12.5. The number of benzene rings is 1. The molecular formula is C18H28F3IN4O. The van der Waals surface area contributed by atoms with E-state index in [1.165, 1.54) is 4.90 Å². The van der Waals surface area contributed by atoms with Gasteiger partial charge in [-0.25, -0.2) is 0 Å². The minimum absolute atomic E-state index is 0. The molecule has 2 rings (SSSR count). The van der Waals surface area contributed by atoms with E-state index in [-0.39, 0.29) is 29.9 Å². The SMILES string of the molecule is CN=C(NCC1CCN(CC(F)(F)F)C1)N(C)CCOc1ccccc1.I. The Labute approximate surface area is 176 Å². The van der Waals surface area contributed by atoms with Crippen LogP contribution < -0.4 is 10.1 Å². The molecule has 1 aliphatic heterocycles. The van der Waals surface area contributed by atoms with E-state index in [1.807, 2.05) is 42.3 Å². The molecule has 154 valence electrons. The highest BCUT2D eigenvalue weighted by atomic mass is 127. The number of nitrogens with one attached hydrogen (secondary N) is 1. The van der Waals surface area contributed by atoms with E-state index in [0.717, 1.165) is 18.1 Å². The fourth-order valence-corrected chi connectivity index (χ4v) is 3.02. The predicted octanol–water partition coefficient (Wildman–Crippen LogP) is 3.07. The molecule has 5 nitrogen and oxygen atoms in total. The van der Waals surface area contributed by atoms with Crippen LogP contribution in [0.3, 0.4) is 0 Å². The number of ether oxygens (including phenoxy) is 1. The third-order valence-corrected chi connectivity index (χ3v) is 4.33. The van der Waals surface area contributed by atoms with Crippen molar-refractivity contribution in [1.82, 2.24) is 15.1 Å². The second-order valence-electron chi connectivity index (χ2n) is 6.52. The van der Waals surface area contributed by atoms with Crippen LogP contribution in [-0.2, 0) is 0 Å². The van der Waals surface area contributed by atoms with Crippen LogP contribution in [-0.4, -0.2) is 75.4 Å². The number of para-hydroxylation sites is 1. The van der Waals surface area contributed by atoms with E-state index >= 15 is 0 Å². The molecule has 1 saturated heterocycles. The Kier molecular flexibility index (Phi) is 10.2. The number of likely N-dealkylation sites (N-methyl/N-ethyl adjacent to an activating group) is 1. The first-order valence-electron chi connectivity index (χ1n) is 8.76. The first-order chi connectivity index (χ1) is 12.4. The molecule has 0 bridgehead atoms. The van der Waals surface area contributed by atoms with Crippen molar-refractivity contribution in [3.63, 3.8) is 0 Å². The van der Waals surface area contributed by atoms with Crippen LogP contribution in [0.15, 0.2) is 35.3 Å². The van der Waals surface area contributed by atoms with Crippen LogP contribution >= 0.6 is 24.0 Å². The number of guanidine groups is 1. The van der Waals surface area contributed by atoms with Crippen molar-refractivity contribution in [1.29, 1.82) is 0 Å². The van der Waals surface area contributed by atoms with E-state index in [1.54, 1.807) is 7.05 Å². The summed E-state index contributed by atoms with van der Waals surface area (Å²) in [5.41, 5.74) is 0. The topological polar surface area (TPSA) is 40.1 Å². The molecule has 0 aromatic heterocycles. The van der Waals surface area contributed by atoms with Crippen molar-refractivity contribution in [3.8, 4) is 5.75 Å². The quantitative estimate of drug-likeness (QED) is 0.355. The van der Waals surface area contributed by atoms with E-state index in [9.17, 15) is 13.2 Å². The van der Waals surface area contributed by atoms with E-state index in [0.29, 0.717) is 32.8 Å². The number of likely N-dealkylation sites (tertiary alicyclic amines) is 1. The maximum atomic E-state index is 12.5. The van der Waals surface area contributed by atoms with Gasteiger partial charge in [-0.2, -0.15) is 13.2 Å².